The van der Waals surface area contributed by atoms with Crippen molar-refractivity contribution in [1.29, 1.82) is 0 Å². The summed E-state index contributed by atoms with van der Waals surface area (Å²) in [5, 5.41) is 0. The number of para-hydroxylation sites is 2. The number of aromatic nitrogens is 2. The molecule has 90 valence electrons. The van der Waals surface area contributed by atoms with Gasteiger partial charge >= 0.3 is 0 Å². The molecule has 0 amide bonds. The Morgan fingerprint density at radius 2 is 1.94 bits per heavy atom. The Morgan fingerprint density at radius 3 is 2.72 bits per heavy atom. The predicted molar refractivity (Wildman–Crippen MR) is 78.3 cm³/mol. The van der Waals surface area contributed by atoms with Crippen molar-refractivity contribution in [3.63, 3.8) is 0 Å². The summed E-state index contributed by atoms with van der Waals surface area (Å²) in [6.07, 6.45) is 0. The highest BCUT2D eigenvalue weighted by atomic mass is 79.9. The zero-order valence-corrected chi connectivity index (χ0v) is 11.8. The molecular weight excluding hydrogens is 312 g/mol. The number of nitrogens with zero attached hydrogens (tertiary/aromatic N) is 2. The maximum absolute atomic E-state index is 6.00. The summed E-state index contributed by atoms with van der Waals surface area (Å²) in [7, 11) is 0. The number of hydrogen-bond acceptors (Lipinski definition) is 1. The number of halogens is 2. The van der Waals surface area contributed by atoms with E-state index in [-0.39, 0.29) is 0 Å². The average molecular weight is 322 g/mol. The molecule has 0 aliphatic heterocycles. The number of hydrogen-bond donors (Lipinski definition) is 0. The lowest BCUT2D eigenvalue weighted by Crippen LogP contribution is -1.98. The molecule has 2 aromatic carbocycles. The molecule has 18 heavy (non-hydrogen) atoms. The van der Waals surface area contributed by atoms with E-state index in [9.17, 15) is 0 Å². The summed E-state index contributed by atoms with van der Waals surface area (Å²) in [6, 6.07) is 16.2. The molecule has 0 unspecified atom stereocenters. The van der Waals surface area contributed by atoms with Crippen molar-refractivity contribution in [2.45, 2.75) is 5.88 Å². The largest absolute Gasteiger partial charge is 0.295 e. The van der Waals surface area contributed by atoms with E-state index in [0.29, 0.717) is 5.88 Å². The first-order valence-electron chi connectivity index (χ1n) is 5.58. The topological polar surface area (TPSA) is 17.8 Å². The number of alkyl halides is 1. The molecule has 0 aliphatic carbocycles. The number of benzene rings is 2. The van der Waals surface area contributed by atoms with Gasteiger partial charge < -0.3 is 0 Å². The van der Waals surface area contributed by atoms with Crippen LogP contribution in [0.5, 0.6) is 0 Å². The summed E-state index contributed by atoms with van der Waals surface area (Å²) in [5.74, 6) is 1.25. The Bertz CT molecular complexity index is 706. The van der Waals surface area contributed by atoms with Crippen LogP contribution in [0.15, 0.2) is 53.0 Å². The van der Waals surface area contributed by atoms with E-state index in [0.717, 1.165) is 27.0 Å². The molecule has 3 aromatic rings. The molecule has 0 saturated heterocycles. The van der Waals surface area contributed by atoms with Crippen LogP contribution >= 0.6 is 27.5 Å². The third kappa shape index (κ3) is 1.93. The number of rotatable bonds is 2. The number of imidazole rings is 1. The lowest BCUT2D eigenvalue weighted by molar-refractivity contribution is 0.981. The van der Waals surface area contributed by atoms with Crippen LogP contribution in [0.2, 0.25) is 0 Å². The first kappa shape index (κ1) is 11.8. The van der Waals surface area contributed by atoms with Crippen molar-refractivity contribution in [2.24, 2.45) is 0 Å². The average Bonchev–Trinajstić information content (AvgIpc) is 2.77. The molecule has 0 spiro atoms. The van der Waals surface area contributed by atoms with Crippen LogP contribution in [0.3, 0.4) is 0 Å². The van der Waals surface area contributed by atoms with Crippen molar-refractivity contribution in [3.8, 4) is 5.69 Å². The minimum absolute atomic E-state index is 0.390. The van der Waals surface area contributed by atoms with Crippen molar-refractivity contribution in [2.75, 3.05) is 0 Å². The second kappa shape index (κ2) is 4.75. The summed E-state index contributed by atoms with van der Waals surface area (Å²) >= 11 is 9.49. The van der Waals surface area contributed by atoms with Gasteiger partial charge in [-0.1, -0.05) is 34.1 Å². The summed E-state index contributed by atoms with van der Waals surface area (Å²) in [6.45, 7) is 0. The van der Waals surface area contributed by atoms with Gasteiger partial charge in [-0.3, -0.25) is 4.57 Å². The fourth-order valence-corrected chi connectivity index (χ4v) is 2.64. The van der Waals surface area contributed by atoms with Gasteiger partial charge in [-0.05, 0) is 30.3 Å². The lowest BCUT2D eigenvalue weighted by Gasteiger charge is -2.08. The highest BCUT2D eigenvalue weighted by Crippen LogP contribution is 2.24. The minimum Gasteiger partial charge on any atom is -0.295 e. The monoisotopic (exact) mass is 320 g/mol. The smallest absolute Gasteiger partial charge is 0.129 e. The predicted octanol–water partition coefficient (Wildman–Crippen LogP) is 4.53. The van der Waals surface area contributed by atoms with Gasteiger partial charge in [0, 0.05) is 10.2 Å². The zero-order valence-electron chi connectivity index (χ0n) is 9.48. The second-order valence-electron chi connectivity index (χ2n) is 3.97. The summed E-state index contributed by atoms with van der Waals surface area (Å²) in [5.41, 5.74) is 3.10. The molecule has 1 heterocycles. The van der Waals surface area contributed by atoms with E-state index in [4.69, 9.17) is 11.6 Å². The molecule has 0 N–H and O–H groups in total. The van der Waals surface area contributed by atoms with Gasteiger partial charge in [0.25, 0.3) is 0 Å². The Hall–Kier alpha value is -1.32. The van der Waals surface area contributed by atoms with Crippen molar-refractivity contribution >= 4 is 38.6 Å². The molecule has 3 rings (SSSR count). The second-order valence-corrected chi connectivity index (χ2v) is 5.15. The van der Waals surface area contributed by atoms with Crippen LogP contribution in [0.4, 0.5) is 0 Å². The van der Waals surface area contributed by atoms with E-state index < -0.39 is 0 Å². The van der Waals surface area contributed by atoms with Crippen molar-refractivity contribution in [1.82, 2.24) is 9.55 Å². The fourth-order valence-electron chi connectivity index (χ4n) is 2.07. The van der Waals surface area contributed by atoms with Gasteiger partial charge in [0.1, 0.15) is 5.82 Å². The third-order valence-electron chi connectivity index (χ3n) is 2.82. The van der Waals surface area contributed by atoms with Gasteiger partial charge in [-0.15, -0.1) is 11.6 Å². The Labute approximate surface area is 118 Å². The molecule has 0 aliphatic rings. The van der Waals surface area contributed by atoms with E-state index in [1.807, 2.05) is 30.3 Å². The maximum Gasteiger partial charge on any atom is 0.129 e. The molecule has 0 bridgehead atoms. The van der Waals surface area contributed by atoms with Gasteiger partial charge in [0.2, 0.25) is 0 Å². The Balaban J connectivity index is 2.33. The zero-order chi connectivity index (χ0) is 12.5. The molecule has 0 saturated carbocycles. The maximum atomic E-state index is 6.00. The summed E-state index contributed by atoms with van der Waals surface area (Å²) in [4.78, 5) is 4.55. The first-order chi connectivity index (χ1) is 8.79. The SMILES string of the molecule is ClCc1nc2ccccc2n1-c1cccc(Br)c1. The number of fused-ring (bicyclic) bond motifs is 1. The van der Waals surface area contributed by atoms with E-state index >= 15 is 0 Å². The van der Waals surface area contributed by atoms with Gasteiger partial charge in [0.05, 0.1) is 16.9 Å². The van der Waals surface area contributed by atoms with Crippen LogP contribution < -0.4 is 0 Å². The lowest BCUT2D eigenvalue weighted by atomic mass is 10.3. The van der Waals surface area contributed by atoms with Gasteiger partial charge in [-0.2, -0.15) is 0 Å². The Kier molecular flexibility index (Phi) is 3.10. The van der Waals surface area contributed by atoms with Crippen LogP contribution in [-0.4, -0.2) is 9.55 Å². The van der Waals surface area contributed by atoms with Crippen LogP contribution in [-0.2, 0) is 5.88 Å². The molecule has 4 heteroatoms. The molecule has 0 fully saturated rings. The molecule has 0 radical (unpaired) electrons. The highest BCUT2D eigenvalue weighted by Gasteiger charge is 2.10. The van der Waals surface area contributed by atoms with Crippen molar-refractivity contribution in [3.05, 3.63) is 58.8 Å². The first-order valence-corrected chi connectivity index (χ1v) is 6.90. The third-order valence-corrected chi connectivity index (χ3v) is 3.55. The van der Waals surface area contributed by atoms with Crippen LogP contribution in [0, 0.1) is 0 Å². The van der Waals surface area contributed by atoms with E-state index in [1.165, 1.54) is 0 Å². The Morgan fingerprint density at radius 1 is 1.11 bits per heavy atom. The van der Waals surface area contributed by atoms with Crippen LogP contribution in [0.1, 0.15) is 5.82 Å². The molecular formula is C14H10BrClN2. The standard InChI is InChI=1S/C14H10BrClN2/c15-10-4-3-5-11(8-10)18-13-7-2-1-6-12(13)17-14(18)9-16/h1-8H,9H2. The van der Waals surface area contributed by atoms with E-state index in [2.05, 4.69) is 43.7 Å². The van der Waals surface area contributed by atoms with Crippen LogP contribution in [0.25, 0.3) is 16.7 Å². The molecule has 0 atom stereocenters. The van der Waals surface area contributed by atoms with Gasteiger partial charge in [-0.25, -0.2) is 4.98 Å². The quantitative estimate of drug-likeness (QED) is 0.634. The fraction of sp³-hybridized carbons (Fsp3) is 0.0714. The highest BCUT2D eigenvalue weighted by molar-refractivity contribution is 9.10. The normalized spacial score (nSPS) is 11.0. The summed E-state index contributed by atoms with van der Waals surface area (Å²) < 4.78 is 3.13. The minimum atomic E-state index is 0.390. The van der Waals surface area contributed by atoms with Crippen molar-refractivity contribution < 1.29 is 0 Å². The molecule has 2 nitrogen and oxygen atoms in total. The van der Waals surface area contributed by atoms with Gasteiger partial charge in [0.15, 0.2) is 0 Å². The molecule has 1 aromatic heterocycles. The van der Waals surface area contributed by atoms with E-state index in [1.54, 1.807) is 0 Å².